The van der Waals surface area contributed by atoms with Crippen molar-refractivity contribution in [3.05, 3.63) is 45.4 Å². The van der Waals surface area contributed by atoms with Crippen LogP contribution in [0.5, 0.6) is 5.75 Å². The summed E-state index contributed by atoms with van der Waals surface area (Å²) >= 11 is 0. The highest BCUT2D eigenvalue weighted by atomic mass is 16.5. The van der Waals surface area contributed by atoms with Gasteiger partial charge in [-0.3, -0.25) is 9.28 Å². The Kier molecular flexibility index (Phi) is 4.27. The molecule has 138 valence electrons. The molecular weight excluding hydrogens is 326 g/mol. The number of aromatic nitrogens is 1. The third-order valence-corrected chi connectivity index (χ3v) is 5.73. The molecule has 1 aromatic carbocycles. The monoisotopic (exact) mass is 354 g/mol. The van der Waals surface area contributed by atoms with Crippen LogP contribution in [-0.4, -0.2) is 37.2 Å². The van der Waals surface area contributed by atoms with Gasteiger partial charge in [0.15, 0.2) is 0 Å². The van der Waals surface area contributed by atoms with Gasteiger partial charge in [-0.1, -0.05) is 0 Å². The van der Waals surface area contributed by atoms with Crippen LogP contribution in [0, 0.1) is 0 Å². The fraction of sp³-hybridized carbons (Fsp3) is 0.476. The number of methoxy groups -OCH3 is 1. The maximum absolute atomic E-state index is 12.5. The minimum absolute atomic E-state index is 0.0196. The van der Waals surface area contributed by atoms with Gasteiger partial charge in [-0.2, -0.15) is 0 Å². The Morgan fingerprint density at radius 2 is 2.04 bits per heavy atom. The van der Waals surface area contributed by atoms with E-state index >= 15 is 0 Å². The summed E-state index contributed by atoms with van der Waals surface area (Å²) in [5.74, 6) is 0.833. The third-order valence-electron chi connectivity index (χ3n) is 5.73. The van der Waals surface area contributed by atoms with E-state index in [4.69, 9.17) is 4.74 Å². The van der Waals surface area contributed by atoms with E-state index in [1.165, 1.54) is 30.5 Å². The van der Waals surface area contributed by atoms with E-state index in [1.54, 1.807) is 7.11 Å². The van der Waals surface area contributed by atoms with Gasteiger partial charge in [0.05, 0.1) is 37.8 Å². The lowest BCUT2D eigenvalue weighted by Crippen LogP contribution is -2.37. The number of ether oxygens (including phenoxy) is 1. The molecule has 1 aromatic heterocycles. The summed E-state index contributed by atoms with van der Waals surface area (Å²) in [7, 11) is 6.22. The van der Waals surface area contributed by atoms with Crippen molar-refractivity contribution in [3.63, 3.8) is 0 Å². The Hall–Kier alpha value is -2.27. The zero-order valence-electron chi connectivity index (χ0n) is 15.9. The summed E-state index contributed by atoms with van der Waals surface area (Å²) in [5, 5.41) is 4.42. The van der Waals surface area contributed by atoms with E-state index in [0.29, 0.717) is 0 Å². The van der Waals surface area contributed by atoms with Crippen LogP contribution in [-0.2, 0) is 13.0 Å². The van der Waals surface area contributed by atoms with Crippen molar-refractivity contribution < 1.29 is 9.22 Å². The molecule has 26 heavy (non-hydrogen) atoms. The van der Waals surface area contributed by atoms with Gasteiger partial charge in [-0.05, 0) is 43.9 Å². The van der Waals surface area contributed by atoms with Crippen molar-refractivity contribution in [1.82, 2.24) is 4.98 Å². The molecule has 2 aliphatic rings. The fourth-order valence-electron chi connectivity index (χ4n) is 4.42. The van der Waals surface area contributed by atoms with Crippen LogP contribution >= 0.6 is 0 Å². The predicted molar refractivity (Wildman–Crippen MR) is 106 cm³/mol. The molecule has 0 fully saturated rings. The quantitative estimate of drug-likeness (QED) is 0.826. The number of pyridine rings is 1. The largest absolute Gasteiger partial charge is 0.496 e. The Bertz CT molecular complexity index is 940. The molecule has 0 radical (unpaired) electrons. The van der Waals surface area contributed by atoms with Crippen LogP contribution in [0.3, 0.4) is 0 Å². The minimum Gasteiger partial charge on any atom is -0.496 e. The summed E-state index contributed by atoms with van der Waals surface area (Å²) in [4.78, 5) is 15.6. The molecule has 5 nitrogen and oxygen atoms in total. The van der Waals surface area contributed by atoms with Crippen LogP contribution < -0.4 is 15.6 Å². The molecular formula is C21H28N3O2+. The molecule has 2 N–H and O–H groups in total. The van der Waals surface area contributed by atoms with Gasteiger partial charge in [0.25, 0.3) is 5.56 Å². The topological polar surface area (TPSA) is 54.1 Å². The number of hydrogen-bond donors (Lipinski definition) is 2. The van der Waals surface area contributed by atoms with E-state index in [9.17, 15) is 4.79 Å². The number of nitrogens with zero attached hydrogens (tertiary/aromatic N) is 1. The van der Waals surface area contributed by atoms with Crippen LogP contribution in [0.2, 0.25) is 0 Å². The highest BCUT2D eigenvalue weighted by molar-refractivity contribution is 5.98. The molecule has 5 heteroatoms. The first kappa shape index (κ1) is 17.2. The first-order valence-electron chi connectivity index (χ1n) is 9.52. The van der Waals surface area contributed by atoms with E-state index in [-0.39, 0.29) is 5.56 Å². The number of allylic oxidation sites excluding steroid dienone is 2. The van der Waals surface area contributed by atoms with Crippen molar-refractivity contribution in [1.29, 1.82) is 0 Å². The number of aromatic amines is 1. The summed E-state index contributed by atoms with van der Waals surface area (Å²) in [6.45, 7) is 1.78. The van der Waals surface area contributed by atoms with Crippen molar-refractivity contribution in [2.75, 3.05) is 33.1 Å². The van der Waals surface area contributed by atoms with Crippen LogP contribution in [0.15, 0.2) is 28.7 Å². The van der Waals surface area contributed by atoms with Gasteiger partial charge in [-0.25, -0.2) is 0 Å². The Balaban J connectivity index is 1.82. The summed E-state index contributed by atoms with van der Waals surface area (Å²) in [5.41, 5.74) is 5.35. The van der Waals surface area contributed by atoms with Gasteiger partial charge in [0, 0.05) is 24.1 Å². The van der Waals surface area contributed by atoms with Crippen molar-refractivity contribution in [3.8, 4) is 5.75 Å². The second-order valence-corrected chi connectivity index (χ2v) is 7.99. The Morgan fingerprint density at radius 1 is 1.19 bits per heavy atom. The normalized spacial score (nSPS) is 17.0. The molecule has 4 rings (SSSR count). The van der Waals surface area contributed by atoms with Crippen molar-refractivity contribution in [2.45, 2.75) is 38.6 Å². The summed E-state index contributed by atoms with van der Waals surface area (Å²) in [6, 6.07) is 4.25. The molecule has 0 saturated heterocycles. The number of fused-ring (bicyclic) bond motifs is 3. The second-order valence-electron chi connectivity index (χ2n) is 7.99. The average molecular weight is 354 g/mol. The lowest BCUT2D eigenvalue weighted by Gasteiger charge is -2.31. The van der Waals surface area contributed by atoms with Gasteiger partial charge in [0.1, 0.15) is 18.0 Å². The number of quaternary nitrogens is 1. The molecule has 0 amide bonds. The van der Waals surface area contributed by atoms with E-state index in [1.807, 2.05) is 0 Å². The number of nitrogens with one attached hydrogen (secondary N) is 2. The van der Waals surface area contributed by atoms with Gasteiger partial charge in [0.2, 0.25) is 0 Å². The van der Waals surface area contributed by atoms with Crippen LogP contribution in [0.25, 0.3) is 10.9 Å². The highest BCUT2D eigenvalue weighted by Gasteiger charge is 2.26. The van der Waals surface area contributed by atoms with Crippen molar-refractivity contribution >= 4 is 16.6 Å². The molecule has 2 aromatic rings. The minimum atomic E-state index is 0.0196. The number of H-pyrrole nitrogens is 1. The number of benzene rings is 1. The highest BCUT2D eigenvalue weighted by Crippen LogP contribution is 2.36. The zero-order chi connectivity index (χ0) is 18.3. The lowest BCUT2D eigenvalue weighted by atomic mass is 9.99. The van der Waals surface area contributed by atoms with E-state index in [0.717, 1.165) is 58.3 Å². The molecule has 0 saturated carbocycles. The van der Waals surface area contributed by atoms with Gasteiger partial charge >= 0.3 is 0 Å². The maximum atomic E-state index is 12.5. The second kappa shape index (κ2) is 6.47. The summed E-state index contributed by atoms with van der Waals surface area (Å²) in [6.07, 6.45) is 7.79. The van der Waals surface area contributed by atoms with Crippen LogP contribution in [0.1, 0.15) is 36.8 Å². The molecule has 0 spiro atoms. The van der Waals surface area contributed by atoms with Gasteiger partial charge < -0.3 is 15.0 Å². The molecule has 2 heterocycles. The molecule has 1 aliphatic heterocycles. The first-order chi connectivity index (χ1) is 12.5. The Labute approximate surface area is 154 Å². The molecule has 0 bridgehead atoms. The third kappa shape index (κ3) is 2.90. The molecule has 0 unspecified atom stereocenters. The number of rotatable bonds is 4. The standard InChI is InChI=1S/C21H27N3O2/c1-24(2,15-7-4-5-8-15)13-14-11-17-19(18(12-14)26-3)20-16(21(25)23-17)9-6-10-22-20/h7,11-12H,4-6,8-10,13H2,1-3H3,(H-,22,23,25)/p+1. The number of hydrogen-bond acceptors (Lipinski definition) is 3. The predicted octanol–water partition coefficient (Wildman–Crippen LogP) is 3.54. The molecule has 1 aliphatic carbocycles. The van der Waals surface area contributed by atoms with Gasteiger partial charge in [-0.15, -0.1) is 0 Å². The van der Waals surface area contributed by atoms with Crippen molar-refractivity contribution in [2.24, 2.45) is 0 Å². The zero-order valence-corrected chi connectivity index (χ0v) is 15.9. The fourth-order valence-corrected chi connectivity index (χ4v) is 4.42. The van der Waals surface area contributed by atoms with E-state index in [2.05, 4.69) is 42.6 Å². The first-order valence-corrected chi connectivity index (χ1v) is 9.52. The molecule has 0 atom stereocenters. The Morgan fingerprint density at radius 3 is 2.77 bits per heavy atom. The SMILES string of the molecule is COc1cc(C[N+](C)(C)C2=CCCC2)cc2[nH]c(=O)c3c(c12)NCCC3. The smallest absolute Gasteiger partial charge is 0.253 e. The van der Waals surface area contributed by atoms with Crippen LogP contribution in [0.4, 0.5) is 5.69 Å². The number of anilines is 1. The summed E-state index contributed by atoms with van der Waals surface area (Å²) < 4.78 is 6.58. The lowest BCUT2D eigenvalue weighted by molar-refractivity contribution is -0.867. The van der Waals surface area contributed by atoms with E-state index < -0.39 is 0 Å². The average Bonchev–Trinajstić information content (AvgIpc) is 3.16. The maximum Gasteiger partial charge on any atom is 0.253 e.